The summed E-state index contributed by atoms with van der Waals surface area (Å²) >= 11 is 0. The first-order valence-electron chi connectivity index (χ1n) is 5.40. The van der Waals surface area contributed by atoms with Crippen LogP contribution in [0.5, 0.6) is 0 Å². The van der Waals surface area contributed by atoms with Crippen molar-refractivity contribution in [2.75, 3.05) is 17.6 Å². The lowest BCUT2D eigenvalue weighted by Gasteiger charge is -2.06. The van der Waals surface area contributed by atoms with Crippen LogP contribution in [0.1, 0.15) is 6.92 Å². The molecule has 2 aromatic rings. The van der Waals surface area contributed by atoms with E-state index in [-0.39, 0.29) is 6.03 Å². The summed E-state index contributed by atoms with van der Waals surface area (Å²) in [4.78, 5) is 15.6. The average Bonchev–Trinajstić information content (AvgIpc) is 2.29. The fraction of sp³-hybridized carbons (Fsp3) is 0.167. The van der Waals surface area contributed by atoms with Crippen LogP contribution >= 0.6 is 0 Å². The number of carbonyl (C=O) groups is 1. The van der Waals surface area contributed by atoms with Crippen molar-refractivity contribution in [3.8, 4) is 0 Å². The number of amides is 2. The highest BCUT2D eigenvalue weighted by molar-refractivity contribution is 5.90. The number of nitrogens with zero attached hydrogens (tertiary/aromatic N) is 1. The summed E-state index contributed by atoms with van der Waals surface area (Å²) in [5.74, 6) is 0.522. The maximum atomic E-state index is 11.3. The van der Waals surface area contributed by atoms with Crippen LogP contribution in [0.4, 0.5) is 16.3 Å². The van der Waals surface area contributed by atoms with Crippen molar-refractivity contribution in [1.82, 2.24) is 10.3 Å². The minimum atomic E-state index is -0.255. The van der Waals surface area contributed by atoms with Crippen molar-refractivity contribution in [2.45, 2.75) is 6.92 Å². The zero-order chi connectivity index (χ0) is 12.3. The van der Waals surface area contributed by atoms with Crippen molar-refractivity contribution in [3.63, 3.8) is 0 Å². The Hall–Kier alpha value is -2.30. The van der Waals surface area contributed by atoms with Crippen LogP contribution in [0.15, 0.2) is 30.3 Å². The third-order valence-electron chi connectivity index (χ3n) is 2.29. The molecule has 5 heteroatoms. The van der Waals surface area contributed by atoms with Gasteiger partial charge in [-0.1, -0.05) is 0 Å². The van der Waals surface area contributed by atoms with Crippen LogP contribution in [0.25, 0.3) is 10.9 Å². The van der Waals surface area contributed by atoms with E-state index in [1.54, 1.807) is 12.1 Å². The third kappa shape index (κ3) is 2.63. The summed E-state index contributed by atoms with van der Waals surface area (Å²) < 4.78 is 0. The van der Waals surface area contributed by atoms with Crippen molar-refractivity contribution < 1.29 is 4.79 Å². The van der Waals surface area contributed by atoms with Crippen LogP contribution in [-0.2, 0) is 0 Å². The number of benzene rings is 1. The van der Waals surface area contributed by atoms with E-state index in [0.717, 1.165) is 10.9 Å². The summed E-state index contributed by atoms with van der Waals surface area (Å²) in [6.07, 6.45) is 0. The fourth-order valence-corrected chi connectivity index (χ4v) is 1.53. The molecule has 0 unspecified atom stereocenters. The van der Waals surface area contributed by atoms with Crippen molar-refractivity contribution in [1.29, 1.82) is 0 Å². The number of pyridine rings is 1. The van der Waals surface area contributed by atoms with Gasteiger partial charge < -0.3 is 11.1 Å². The second kappa shape index (κ2) is 4.69. The van der Waals surface area contributed by atoms with E-state index in [2.05, 4.69) is 15.6 Å². The van der Waals surface area contributed by atoms with Crippen molar-refractivity contribution in [3.05, 3.63) is 30.3 Å². The number of nitrogens with one attached hydrogen (secondary N) is 2. The van der Waals surface area contributed by atoms with Gasteiger partial charge in [0.25, 0.3) is 0 Å². The number of urea groups is 1. The molecule has 0 fully saturated rings. The second-order valence-electron chi connectivity index (χ2n) is 3.63. The van der Waals surface area contributed by atoms with Crippen LogP contribution in [0, 0.1) is 0 Å². The largest absolute Gasteiger partial charge is 0.399 e. The van der Waals surface area contributed by atoms with E-state index >= 15 is 0 Å². The molecule has 0 atom stereocenters. The number of rotatable bonds is 2. The first-order chi connectivity index (χ1) is 8.19. The molecule has 88 valence electrons. The number of fused-ring (bicyclic) bond motifs is 1. The minimum Gasteiger partial charge on any atom is -0.399 e. The van der Waals surface area contributed by atoms with Crippen LogP contribution < -0.4 is 16.4 Å². The monoisotopic (exact) mass is 230 g/mol. The van der Waals surface area contributed by atoms with Crippen molar-refractivity contribution in [2.24, 2.45) is 0 Å². The molecule has 0 aliphatic carbocycles. The number of carbonyl (C=O) groups excluding carboxylic acids is 1. The van der Waals surface area contributed by atoms with Crippen LogP contribution in [-0.4, -0.2) is 17.6 Å². The highest BCUT2D eigenvalue weighted by atomic mass is 16.2. The van der Waals surface area contributed by atoms with E-state index in [9.17, 15) is 4.79 Å². The maximum Gasteiger partial charge on any atom is 0.320 e. The first-order valence-corrected chi connectivity index (χ1v) is 5.40. The molecule has 2 amide bonds. The molecule has 1 aromatic carbocycles. The summed E-state index contributed by atoms with van der Waals surface area (Å²) in [6, 6.07) is 8.82. The zero-order valence-electron chi connectivity index (χ0n) is 9.53. The lowest BCUT2D eigenvalue weighted by molar-refractivity contribution is 0.252. The number of nitrogen functional groups attached to an aromatic ring is 1. The van der Waals surface area contributed by atoms with Gasteiger partial charge in [0.15, 0.2) is 0 Å². The van der Waals surface area contributed by atoms with Gasteiger partial charge in [0.05, 0.1) is 5.52 Å². The number of aromatic nitrogens is 1. The number of hydrogen-bond donors (Lipinski definition) is 3. The molecule has 0 spiro atoms. The quantitative estimate of drug-likeness (QED) is 0.690. The standard InChI is InChI=1S/C12H14N4O/c1-2-14-12(17)16-11-6-3-8-7-9(13)4-5-10(8)15-11/h3-7H,2,13H2,1H3,(H2,14,15,16,17). The van der Waals surface area contributed by atoms with Gasteiger partial charge in [-0.2, -0.15) is 0 Å². The molecule has 1 heterocycles. The molecule has 17 heavy (non-hydrogen) atoms. The lowest BCUT2D eigenvalue weighted by Crippen LogP contribution is -2.28. The Morgan fingerprint density at radius 2 is 2.18 bits per heavy atom. The van der Waals surface area contributed by atoms with E-state index < -0.39 is 0 Å². The number of hydrogen-bond acceptors (Lipinski definition) is 3. The first kappa shape index (κ1) is 11.2. The van der Waals surface area contributed by atoms with Crippen LogP contribution in [0.2, 0.25) is 0 Å². The summed E-state index contributed by atoms with van der Waals surface area (Å²) in [5, 5.41) is 6.25. The molecular weight excluding hydrogens is 216 g/mol. The summed E-state index contributed by atoms with van der Waals surface area (Å²) in [5.41, 5.74) is 7.17. The Morgan fingerprint density at radius 1 is 1.35 bits per heavy atom. The SMILES string of the molecule is CCNC(=O)Nc1ccc2cc(N)ccc2n1. The van der Waals surface area contributed by atoms with Gasteiger partial charge in [-0.05, 0) is 37.3 Å². The van der Waals surface area contributed by atoms with E-state index in [1.807, 2.05) is 25.1 Å². The molecular formula is C12H14N4O. The van der Waals surface area contributed by atoms with Crippen molar-refractivity contribution >= 4 is 28.4 Å². The molecule has 0 aliphatic rings. The molecule has 0 saturated heterocycles. The maximum absolute atomic E-state index is 11.3. The second-order valence-corrected chi connectivity index (χ2v) is 3.63. The molecule has 0 radical (unpaired) electrons. The Balaban J connectivity index is 2.26. The van der Waals surface area contributed by atoms with E-state index in [1.165, 1.54) is 0 Å². The molecule has 5 nitrogen and oxygen atoms in total. The minimum absolute atomic E-state index is 0.255. The van der Waals surface area contributed by atoms with E-state index in [4.69, 9.17) is 5.73 Å². The molecule has 0 bridgehead atoms. The smallest absolute Gasteiger partial charge is 0.320 e. The fourth-order valence-electron chi connectivity index (χ4n) is 1.53. The molecule has 0 saturated carbocycles. The number of nitrogens with two attached hydrogens (primary N) is 1. The highest BCUT2D eigenvalue weighted by Gasteiger charge is 2.02. The summed E-state index contributed by atoms with van der Waals surface area (Å²) in [6.45, 7) is 2.44. The topological polar surface area (TPSA) is 80.0 Å². The predicted octanol–water partition coefficient (Wildman–Crippen LogP) is 1.96. The van der Waals surface area contributed by atoms with E-state index in [0.29, 0.717) is 18.1 Å². The van der Waals surface area contributed by atoms with Gasteiger partial charge in [0.1, 0.15) is 5.82 Å². The Morgan fingerprint density at radius 3 is 2.94 bits per heavy atom. The molecule has 1 aromatic heterocycles. The average molecular weight is 230 g/mol. The number of anilines is 2. The molecule has 0 aliphatic heterocycles. The van der Waals surface area contributed by atoms with Gasteiger partial charge in [0, 0.05) is 17.6 Å². The van der Waals surface area contributed by atoms with Gasteiger partial charge in [-0.15, -0.1) is 0 Å². The predicted molar refractivity (Wildman–Crippen MR) is 68.9 cm³/mol. The normalized spacial score (nSPS) is 10.2. The Kier molecular flexibility index (Phi) is 3.09. The van der Waals surface area contributed by atoms with Gasteiger partial charge in [-0.25, -0.2) is 9.78 Å². The Bertz CT molecular complexity index is 553. The highest BCUT2D eigenvalue weighted by Crippen LogP contribution is 2.17. The van der Waals surface area contributed by atoms with Gasteiger partial charge in [-0.3, -0.25) is 5.32 Å². The third-order valence-corrected chi connectivity index (χ3v) is 2.29. The van der Waals surface area contributed by atoms with Gasteiger partial charge >= 0.3 is 6.03 Å². The molecule has 4 N–H and O–H groups in total. The van der Waals surface area contributed by atoms with Crippen LogP contribution in [0.3, 0.4) is 0 Å². The van der Waals surface area contributed by atoms with Gasteiger partial charge in [0.2, 0.25) is 0 Å². The lowest BCUT2D eigenvalue weighted by atomic mass is 10.2. The zero-order valence-corrected chi connectivity index (χ0v) is 9.53. The molecule has 2 rings (SSSR count). The Labute approximate surface area is 99.0 Å². The summed E-state index contributed by atoms with van der Waals surface area (Å²) in [7, 11) is 0.